The molecule has 47 heavy (non-hydrogen) atoms. The Labute approximate surface area is 275 Å². The number of allylic oxidation sites excluding steroid dienone is 1. The Morgan fingerprint density at radius 3 is 2.36 bits per heavy atom. The fourth-order valence-electron chi connectivity index (χ4n) is 5.59. The quantitative estimate of drug-likeness (QED) is 0.220. The lowest BCUT2D eigenvalue weighted by molar-refractivity contribution is -0.143. The first-order valence-electron chi connectivity index (χ1n) is 15.1. The smallest absolute Gasteiger partial charge is 0.343 e. The van der Waals surface area contributed by atoms with Crippen molar-refractivity contribution in [3.63, 3.8) is 0 Å². The van der Waals surface area contributed by atoms with E-state index in [4.69, 9.17) is 23.7 Å². The summed E-state index contributed by atoms with van der Waals surface area (Å²) in [4.78, 5) is 44.5. The first kappa shape index (κ1) is 33.3. The fraction of sp³-hybridized carbons (Fsp3) is 0.314. The molecule has 0 N–H and O–H groups in total. The molecule has 1 aliphatic rings. The van der Waals surface area contributed by atoms with Crippen LogP contribution in [0.15, 0.2) is 69.6 Å². The molecule has 0 aliphatic carbocycles. The van der Waals surface area contributed by atoms with E-state index >= 15 is 0 Å². The summed E-state index contributed by atoms with van der Waals surface area (Å²) in [6.07, 6.45) is 1.86. The molecule has 1 atom stereocenters. The second kappa shape index (κ2) is 14.1. The second-order valence-corrected chi connectivity index (χ2v) is 11.7. The van der Waals surface area contributed by atoms with Gasteiger partial charge in [0.05, 0.1) is 49.3 Å². The van der Waals surface area contributed by atoms with Crippen molar-refractivity contribution in [2.75, 3.05) is 34.0 Å². The molecule has 0 saturated heterocycles. The molecule has 0 spiro atoms. The predicted octanol–water partition coefficient (Wildman–Crippen LogP) is 4.16. The first-order chi connectivity index (χ1) is 22.6. The van der Waals surface area contributed by atoms with Gasteiger partial charge in [0.15, 0.2) is 22.9 Å². The van der Waals surface area contributed by atoms with Gasteiger partial charge in [-0.2, -0.15) is 0 Å². The lowest BCUT2D eigenvalue weighted by atomic mass is 9.95. The Bertz CT molecular complexity index is 2040. The molecule has 246 valence electrons. The highest BCUT2D eigenvalue weighted by atomic mass is 32.1. The summed E-state index contributed by atoms with van der Waals surface area (Å²) in [7, 11) is 2.91. The molecule has 0 bridgehead atoms. The Morgan fingerprint density at radius 2 is 1.70 bits per heavy atom. The van der Waals surface area contributed by atoms with Crippen LogP contribution in [0.1, 0.15) is 49.3 Å². The van der Waals surface area contributed by atoms with Crippen LogP contribution < -0.4 is 29.1 Å². The van der Waals surface area contributed by atoms with Gasteiger partial charge in [-0.3, -0.25) is 9.36 Å². The van der Waals surface area contributed by atoms with Crippen molar-refractivity contribution in [2.45, 2.75) is 40.7 Å². The van der Waals surface area contributed by atoms with Crippen LogP contribution in [0.3, 0.4) is 0 Å². The van der Waals surface area contributed by atoms with Gasteiger partial charge in [0.2, 0.25) is 0 Å². The second-order valence-electron chi connectivity index (χ2n) is 10.7. The number of benzene rings is 2. The Morgan fingerprint density at radius 1 is 0.957 bits per heavy atom. The van der Waals surface area contributed by atoms with Gasteiger partial charge in [-0.15, -0.1) is 0 Å². The van der Waals surface area contributed by atoms with Gasteiger partial charge in [0.1, 0.15) is 5.75 Å². The molecule has 0 fully saturated rings. The number of carbonyl (C=O) groups excluding carboxylic acids is 2. The van der Waals surface area contributed by atoms with E-state index in [9.17, 15) is 14.4 Å². The van der Waals surface area contributed by atoms with E-state index in [-0.39, 0.29) is 24.3 Å². The molecule has 5 rings (SSSR count). The predicted molar refractivity (Wildman–Crippen MR) is 177 cm³/mol. The number of aryl methyl sites for hydroxylation is 1. The third-order valence-corrected chi connectivity index (χ3v) is 8.74. The molecule has 0 unspecified atom stereocenters. The number of hydrogen-bond acceptors (Lipinski definition) is 10. The molecule has 2 aromatic carbocycles. The minimum absolute atomic E-state index is 0.154. The zero-order valence-corrected chi connectivity index (χ0v) is 28.2. The third kappa shape index (κ3) is 6.59. The standard InChI is InChI=1S/C35H37N3O8S/c1-8-44-28-17-23(10-15-27(28)46-19-30(39)43-7)32-31(34(41)45-9-2)21(4)36-35-38(32)33(40)29(47-35)18-24-16-20(3)37(22(24)5)25-11-13-26(42-6)14-12-25/h10-18,32H,8-9,19H2,1-7H3/b29-18-/t32-/m1/s1. The van der Waals surface area contributed by atoms with E-state index in [1.54, 1.807) is 39.2 Å². The number of esters is 2. The lowest BCUT2D eigenvalue weighted by Crippen LogP contribution is -2.40. The molecule has 0 radical (unpaired) electrons. The summed E-state index contributed by atoms with van der Waals surface area (Å²) in [6.45, 7) is 9.45. The van der Waals surface area contributed by atoms with Crippen LogP contribution in [-0.2, 0) is 19.1 Å². The van der Waals surface area contributed by atoms with Crippen molar-refractivity contribution in [2.24, 2.45) is 4.99 Å². The van der Waals surface area contributed by atoms with E-state index in [2.05, 4.69) is 9.56 Å². The molecule has 12 heteroatoms. The number of hydrogen-bond donors (Lipinski definition) is 0. The Balaban J connectivity index is 1.65. The van der Waals surface area contributed by atoms with Crippen LogP contribution in [0.25, 0.3) is 11.8 Å². The van der Waals surface area contributed by atoms with Gasteiger partial charge in [-0.05, 0) is 94.3 Å². The normalized spacial score (nSPS) is 14.4. The zero-order chi connectivity index (χ0) is 33.8. The summed E-state index contributed by atoms with van der Waals surface area (Å²) >= 11 is 1.25. The first-order valence-corrected chi connectivity index (χ1v) is 15.9. The van der Waals surface area contributed by atoms with Gasteiger partial charge in [-0.25, -0.2) is 14.6 Å². The largest absolute Gasteiger partial charge is 0.497 e. The van der Waals surface area contributed by atoms with Crippen LogP contribution in [0.5, 0.6) is 17.2 Å². The average Bonchev–Trinajstić information content (AvgIpc) is 3.52. The number of rotatable bonds is 11. The number of nitrogens with zero attached hydrogens (tertiary/aromatic N) is 3. The molecular formula is C35H37N3O8S. The molecular weight excluding hydrogens is 622 g/mol. The van der Waals surface area contributed by atoms with Gasteiger partial charge in [0, 0.05) is 17.1 Å². The molecule has 11 nitrogen and oxygen atoms in total. The number of methoxy groups -OCH3 is 2. The topological polar surface area (TPSA) is 120 Å². The molecule has 2 aromatic heterocycles. The number of fused-ring (bicyclic) bond motifs is 1. The number of carbonyl (C=O) groups is 2. The lowest BCUT2D eigenvalue weighted by Gasteiger charge is -2.25. The maximum atomic E-state index is 14.2. The van der Waals surface area contributed by atoms with Crippen LogP contribution in [0, 0.1) is 13.8 Å². The maximum Gasteiger partial charge on any atom is 0.343 e. The number of thiazole rings is 1. The van der Waals surface area contributed by atoms with Gasteiger partial charge in [-0.1, -0.05) is 17.4 Å². The minimum Gasteiger partial charge on any atom is -0.497 e. The fourth-order valence-corrected chi connectivity index (χ4v) is 6.63. The summed E-state index contributed by atoms with van der Waals surface area (Å²) in [5, 5.41) is 0. The monoisotopic (exact) mass is 659 g/mol. The van der Waals surface area contributed by atoms with Crippen molar-refractivity contribution in [1.29, 1.82) is 0 Å². The number of ether oxygens (including phenoxy) is 5. The van der Waals surface area contributed by atoms with E-state index < -0.39 is 18.0 Å². The third-order valence-electron chi connectivity index (χ3n) is 7.76. The molecule has 4 aromatic rings. The molecule has 0 saturated carbocycles. The van der Waals surface area contributed by atoms with Crippen molar-refractivity contribution < 1.29 is 33.3 Å². The van der Waals surface area contributed by atoms with Crippen molar-refractivity contribution in [3.05, 3.63) is 102 Å². The highest BCUT2D eigenvalue weighted by Crippen LogP contribution is 2.36. The van der Waals surface area contributed by atoms with E-state index in [0.29, 0.717) is 38.7 Å². The minimum atomic E-state index is -0.854. The SMILES string of the molecule is CCOC(=O)C1=C(C)N=c2s/c(=C\c3cc(C)n(-c4ccc(OC)cc4)c3C)c(=O)n2[C@@H]1c1ccc(OCC(=O)OC)c(OCC)c1. The summed E-state index contributed by atoms with van der Waals surface area (Å²) in [5.41, 5.74) is 4.79. The zero-order valence-electron chi connectivity index (χ0n) is 27.4. The van der Waals surface area contributed by atoms with E-state index in [0.717, 1.165) is 28.4 Å². The molecule has 3 heterocycles. The summed E-state index contributed by atoms with van der Waals surface area (Å²) in [6, 6.07) is 14.0. The van der Waals surface area contributed by atoms with Crippen molar-refractivity contribution in [3.8, 4) is 22.9 Å². The summed E-state index contributed by atoms with van der Waals surface area (Å²) < 4.78 is 31.0. The Kier molecular flexibility index (Phi) is 10.00. The van der Waals surface area contributed by atoms with Gasteiger partial charge >= 0.3 is 11.9 Å². The van der Waals surface area contributed by atoms with Crippen LogP contribution >= 0.6 is 11.3 Å². The van der Waals surface area contributed by atoms with E-state index in [1.165, 1.54) is 23.0 Å². The number of aromatic nitrogens is 2. The van der Waals surface area contributed by atoms with Crippen LogP contribution in [0.4, 0.5) is 0 Å². The van der Waals surface area contributed by atoms with Crippen molar-refractivity contribution in [1.82, 2.24) is 9.13 Å². The maximum absolute atomic E-state index is 14.2. The summed E-state index contributed by atoms with van der Waals surface area (Å²) in [5.74, 6) is 0.317. The molecule has 1 aliphatic heterocycles. The van der Waals surface area contributed by atoms with Crippen LogP contribution in [0.2, 0.25) is 0 Å². The average molecular weight is 660 g/mol. The highest BCUT2D eigenvalue weighted by Gasteiger charge is 2.34. The van der Waals surface area contributed by atoms with E-state index in [1.807, 2.05) is 57.2 Å². The highest BCUT2D eigenvalue weighted by molar-refractivity contribution is 7.07. The van der Waals surface area contributed by atoms with Crippen LogP contribution in [-0.4, -0.2) is 55.1 Å². The molecule has 0 amide bonds. The van der Waals surface area contributed by atoms with Crippen molar-refractivity contribution >= 4 is 29.4 Å². The Hall–Kier alpha value is -5.10. The van der Waals surface area contributed by atoms with Gasteiger partial charge in [0.25, 0.3) is 5.56 Å². The van der Waals surface area contributed by atoms with Gasteiger partial charge < -0.3 is 28.3 Å².